The van der Waals surface area contributed by atoms with Crippen molar-refractivity contribution in [2.24, 2.45) is 11.8 Å². The number of aromatic nitrogens is 4. The Labute approximate surface area is 218 Å². The lowest BCUT2D eigenvalue weighted by molar-refractivity contribution is -0.128. The standard InChI is InChI=1S/C27H29F2N7O2/c28-18-6-7-23(20(29)13-18)36-16-22(33-34-36)26(38)31-21-8-12-35(14-17-4-5-17)15-19(21)25(37)32-27(9-10-27)24-3-1-2-11-30-24/h1-3,6-7,11,13,16-17,19,21H,4-5,8-10,12,14-15H2,(H,31,38)(H,32,37)/t19-,21-/m0/s1. The maximum Gasteiger partial charge on any atom is 0.273 e. The second-order valence-electron chi connectivity index (χ2n) is 10.6. The number of nitrogens with one attached hydrogen (secondary N) is 2. The van der Waals surface area contributed by atoms with Crippen molar-refractivity contribution in [3.8, 4) is 5.69 Å². The molecule has 0 bridgehead atoms. The largest absolute Gasteiger partial charge is 0.347 e. The summed E-state index contributed by atoms with van der Waals surface area (Å²) in [6.07, 6.45) is 7.74. The highest BCUT2D eigenvalue weighted by Crippen LogP contribution is 2.45. The average molecular weight is 522 g/mol. The fourth-order valence-electron chi connectivity index (χ4n) is 5.23. The molecule has 1 aromatic carbocycles. The Morgan fingerprint density at radius 2 is 1.95 bits per heavy atom. The number of hydrogen-bond acceptors (Lipinski definition) is 6. The molecule has 1 aliphatic heterocycles. The van der Waals surface area contributed by atoms with Gasteiger partial charge in [0.1, 0.15) is 11.5 Å². The SMILES string of the molecule is O=C(N[C@H]1CCN(CC2CC2)C[C@@H]1C(=O)NC1(c2ccccn2)CC1)c1cn(-c2ccc(F)cc2F)nn1. The number of hydrogen-bond donors (Lipinski definition) is 2. The number of benzene rings is 1. The maximum atomic E-state index is 14.2. The first-order valence-electron chi connectivity index (χ1n) is 13.0. The minimum absolute atomic E-state index is 0.0135. The van der Waals surface area contributed by atoms with E-state index in [-0.39, 0.29) is 17.3 Å². The first kappa shape index (κ1) is 24.6. The van der Waals surface area contributed by atoms with Gasteiger partial charge in [-0.25, -0.2) is 13.5 Å². The summed E-state index contributed by atoms with van der Waals surface area (Å²) >= 11 is 0. The second kappa shape index (κ2) is 9.86. The zero-order valence-corrected chi connectivity index (χ0v) is 20.8. The number of rotatable bonds is 8. The van der Waals surface area contributed by atoms with Crippen LogP contribution in [0.15, 0.2) is 48.8 Å². The van der Waals surface area contributed by atoms with Gasteiger partial charge in [-0.1, -0.05) is 11.3 Å². The lowest BCUT2D eigenvalue weighted by Crippen LogP contribution is -2.57. The molecule has 11 heteroatoms. The smallest absolute Gasteiger partial charge is 0.273 e. The number of carbonyl (C=O) groups excluding carboxylic acids is 2. The molecule has 3 aliphatic rings. The molecule has 0 radical (unpaired) electrons. The first-order valence-corrected chi connectivity index (χ1v) is 13.0. The average Bonchev–Trinajstić information content (AvgIpc) is 3.84. The Bertz CT molecular complexity index is 1340. The Balaban J connectivity index is 1.17. The zero-order chi connectivity index (χ0) is 26.3. The highest BCUT2D eigenvalue weighted by atomic mass is 19.1. The highest BCUT2D eigenvalue weighted by Gasteiger charge is 2.49. The number of likely N-dealkylation sites (tertiary alicyclic amines) is 1. The van der Waals surface area contributed by atoms with Gasteiger partial charge in [0.05, 0.1) is 23.3 Å². The molecule has 198 valence electrons. The van der Waals surface area contributed by atoms with Crippen molar-refractivity contribution in [1.29, 1.82) is 0 Å². The lowest BCUT2D eigenvalue weighted by atomic mass is 9.90. The van der Waals surface area contributed by atoms with Crippen molar-refractivity contribution < 1.29 is 18.4 Å². The van der Waals surface area contributed by atoms with Crippen molar-refractivity contribution in [1.82, 2.24) is 35.5 Å². The molecule has 0 unspecified atom stereocenters. The van der Waals surface area contributed by atoms with E-state index in [2.05, 4.69) is 30.8 Å². The fraction of sp³-hybridized carbons (Fsp3) is 0.444. The van der Waals surface area contributed by atoms with Crippen LogP contribution in [0.4, 0.5) is 8.78 Å². The summed E-state index contributed by atoms with van der Waals surface area (Å²) in [6, 6.07) is 8.38. The Kier molecular flexibility index (Phi) is 6.38. The maximum absolute atomic E-state index is 14.2. The van der Waals surface area contributed by atoms with E-state index in [0.717, 1.165) is 48.4 Å². The molecule has 3 fully saturated rings. The highest BCUT2D eigenvalue weighted by molar-refractivity contribution is 5.93. The van der Waals surface area contributed by atoms with Crippen LogP contribution in [0.2, 0.25) is 0 Å². The summed E-state index contributed by atoms with van der Waals surface area (Å²) in [7, 11) is 0. The monoisotopic (exact) mass is 521 g/mol. The molecule has 3 heterocycles. The molecular formula is C27H29F2N7O2. The Morgan fingerprint density at radius 1 is 1.11 bits per heavy atom. The minimum Gasteiger partial charge on any atom is -0.347 e. The van der Waals surface area contributed by atoms with Crippen LogP contribution in [0.3, 0.4) is 0 Å². The number of carbonyl (C=O) groups is 2. The quantitative estimate of drug-likeness (QED) is 0.472. The number of halogens is 2. The van der Waals surface area contributed by atoms with Crippen molar-refractivity contribution in [2.45, 2.75) is 43.7 Å². The van der Waals surface area contributed by atoms with Crippen molar-refractivity contribution in [3.05, 3.63) is 71.8 Å². The fourth-order valence-corrected chi connectivity index (χ4v) is 5.23. The summed E-state index contributed by atoms with van der Waals surface area (Å²) in [5.41, 5.74) is 0.366. The van der Waals surface area contributed by atoms with Gasteiger partial charge in [-0.15, -0.1) is 5.10 Å². The molecule has 2 aromatic heterocycles. The van der Waals surface area contributed by atoms with E-state index in [1.54, 1.807) is 6.20 Å². The number of amides is 2. The third-order valence-electron chi connectivity index (χ3n) is 7.71. The molecule has 9 nitrogen and oxygen atoms in total. The molecule has 1 saturated heterocycles. The van der Waals surface area contributed by atoms with Gasteiger partial charge in [-0.3, -0.25) is 14.6 Å². The zero-order valence-electron chi connectivity index (χ0n) is 20.8. The molecule has 38 heavy (non-hydrogen) atoms. The topological polar surface area (TPSA) is 105 Å². The van der Waals surface area contributed by atoms with E-state index >= 15 is 0 Å². The molecule has 2 N–H and O–H groups in total. The molecule has 2 atom stereocenters. The van der Waals surface area contributed by atoms with Gasteiger partial charge in [0.2, 0.25) is 5.91 Å². The van der Waals surface area contributed by atoms with Crippen LogP contribution >= 0.6 is 0 Å². The van der Waals surface area contributed by atoms with Crippen LogP contribution < -0.4 is 10.6 Å². The van der Waals surface area contributed by atoms with Crippen LogP contribution in [0.1, 0.15) is 48.3 Å². The predicted octanol–water partition coefficient (Wildman–Crippen LogP) is 2.58. The summed E-state index contributed by atoms with van der Waals surface area (Å²) in [5, 5.41) is 13.9. The molecular weight excluding hydrogens is 492 g/mol. The summed E-state index contributed by atoms with van der Waals surface area (Å²) in [5.74, 6) is -1.88. The first-order chi connectivity index (χ1) is 18.4. The van der Waals surface area contributed by atoms with Crippen LogP contribution in [0.5, 0.6) is 0 Å². The van der Waals surface area contributed by atoms with E-state index in [4.69, 9.17) is 0 Å². The molecule has 3 aromatic rings. The lowest BCUT2D eigenvalue weighted by Gasteiger charge is -2.38. The van der Waals surface area contributed by atoms with E-state index in [1.165, 1.54) is 25.1 Å². The van der Waals surface area contributed by atoms with Gasteiger partial charge in [-0.05, 0) is 62.3 Å². The summed E-state index contributed by atoms with van der Waals surface area (Å²) in [6.45, 7) is 2.30. The van der Waals surface area contributed by atoms with Gasteiger partial charge >= 0.3 is 0 Å². The number of piperidine rings is 1. The van der Waals surface area contributed by atoms with Crippen LogP contribution in [0, 0.1) is 23.5 Å². The molecule has 0 spiro atoms. The summed E-state index contributed by atoms with van der Waals surface area (Å²) in [4.78, 5) is 33.5. The minimum atomic E-state index is -0.816. The van der Waals surface area contributed by atoms with Gasteiger partial charge in [0.15, 0.2) is 11.5 Å². The second-order valence-corrected chi connectivity index (χ2v) is 10.6. The van der Waals surface area contributed by atoms with Crippen molar-refractivity contribution >= 4 is 11.8 Å². The number of nitrogens with zero attached hydrogens (tertiary/aromatic N) is 5. The van der Waals surface area contributed by atoms with Gasteiger partial charge in [-0.2, -0.15) is 0 Å². The van der Waals surface area contributed by atoms with Gasteiger partial charge in [0.25, 0.3) is 5.91 Å². The van der Waals surface area contributed by atoms with E-state index in [1.807, 2.05) is 18.2 Å². The normalized spacial score (nSPS) is 22.6. The van der Waals surface area contributed by atoms with E-state index < -0.39 is 35.0 Å². The summed E-state index contributed by atoms with van der Waals surface area (Å²) < 4.78 is 28.5. The molecule has 2 saturated carbocycles. The molecule has 6 rings (SSSR count). The molecule has 2 aliphatic carbocycles. The third kappa shape index (κ3) is 5.15. The number of pyridine rings is 1. The van der Waals surface area contributed by atoms with Gasteiger partial charge < -0.3 is 15.5 Å². The third-order valence-corrected chi connectivity index (χ3v) is 7.71. The molecule has 2 amide bonds. The Hall–Kier alpha value is -3.73. The van der Waals surface area contributed by atoms with E-state index in [0.29, 0.717) is 18.9 Å². The van der Waals surface area contributed by atoms with Gasteiger partial charge in [0, 0.05) is 37.9 Å². The van der Waals surface area contributed by atoms with E-state index in [9.17, 15) is 18.4 Å². The predicted molar refractivity (Wildman–Crippen MR) is 133 cm³/mol. The van der Waals surface area contributed by atoms with Crippen LogP contribution in [0.25, 0.3) is 5.69 Å². The van der Waals surface area contributed by atoms with Crippen LogP contribution in [-0.2, 0) is 10.3 Å². The van der Waals surface area contributed by atoms with Crippen molar-refractivity contribution in [3.63, 3.8) is 0 Å². The van der Waals surface area contributed by atoms with Crippen molar-refractivity contribution in [2.75, 3.05) is 19.6 Å². The van der Waals surface area contributed by atoms with Crippen LogP contribution in [-0.4, -0.2) is 62.4 Å². The Morgan fingerprint density at radius 3 is 2.66 bits per heavy atom.